The molecule has 0 aromatic rings. The van der Waals surface area contributed by atoms with Crippen molar-refractivity contribution < 1.29 is 4.74 Å². The first-order valence-corrected chi connectivity index (χ1v) is 6.16. The summed E-state index contributed by atoms with van der Waals surface area (Å²) in [6, 6.07) is 0. The minimum Gasteiger partial charge on any atom is -0.366 e. The number of thioether (sulfide) groups is 1. The Hall–Kier alpha value is 0.310. The van der Waals surface area contributed by atoms with Crippen LogP contribution in [-0.4, -0.2) is 17.8 Å². The molecule has 1 nitrogen and oxygen atoms in total. The molecule has 0 radical (unpaired) electrons. The smallest absolute Gasteiger partial charge is 0.106 e. The summed E-state index contributed by atoms with van der Waals surface area (Å²) in [4.78, 5) is 0. The molecule has 0 aromatic carbocycles. The van der Waals surface area contributed by atoms with Crippen LogP contribution in [0.4, 0.5) is 0 Å². The molecule has 0 aromatic heterocycles. The van der Waals surface area contributed by atoms with E-state index in [1.165, 1.54) is 31.4 Å². The van der Waals surface area contributed by atoms with Crippen LogP contribution in [0.5, 0.6) is 0 Å². The van der Waals surface area contributed by atoms with E-state index in [4.69, 9.17) is 4.74 Å². The van der Waals surface area contributed by atoms with Crippen molar-refractivity contribution in [1.82, 2.24) is 0 Å². The lowest BCUT2D eigenvalue weighted by Crippen LogP contribution is -2.15. The molecule has 0 amide bonds. The van der Waals surface area contributed by atoms with Crippen LogP contribution in [0.2, 0.25) is 0 Å². The molecule has 1 fully saturated rings. The van der Waals surface area contributed by atoms with Crippen LogP contribution in [0.15, 0.2) is 0 Å². The quantitative estimate of drug-likeness (QED) is 0.654. The largest absolute Gasteiger partial charge is 0.366 e. The molecular weight excluding hydrogens is 168 g/mol. The molecule has 1 aliphatic heterocycles. The third-order valence-electron chi connectivity index (χ3n) is 2.49. The van der Waals surface area contributed by atoms with Gasteiger partial charge in [0.05, 0.1) is 6.61 Å². The molecule has 1 rings (SSSR count). The Labute approximate surface area is 80.3 Å². The second-order valence-corrected chi connectivity index (χ2v) is 4.63. The number of ether oxygens (including phenoxy) is 1. The number of hydrogen-bond acceptors (Lipinski definition) is 2. The lowest BCUT2D eigenvalue weighted by Gasteiger charge is -2.20. The maximum atomic E-state index is 5.67. The van der Waals surface area contributed by atoms with Crippen molar-refractivity contribution in [3.8, 4) is 0 Å². The van der Waals surface area contributed by atoms with Crippen LogP contribution >= 0.6 is 11.8 Å². The Bertz CT molecular complexity index is 110. The summed E-state index contributed by atoms with van der Waals surface area (Å²) in [6.45, 7) is 5.51. The predicted octanol–water partition coefficient (Wildman–Crippen LogP) is 3.29. The van der Waals surface area contributed by atoms with Crippen molar-refractivity contribution in [3.63, 3.8) is 0 Å². The molecule has 2 atom stereocenters. The molecule has 0 spiro atoms. The fourth-order valence-corrected chi connectivity index (χ4v) is 2.87. The molecule has 0 aliphatic carbocycles. The molecule has 1 saturated heterocycles. The Morgan fingerprint density at radius 2 is 2.33 bits per heavy atom. The normalized spacial score (nSPS) is 26.0. The summed E-state index contributed by atoms with van der Waals surface area (Å²) in [5.41, 5.74) is 0.515. The van der Waals surface area contributed by atoms with Gasteiger partial charge in [-0.25, -0.2) is 0 Å². The van der Waals surface area contributed by atoms with Crippen molar-refractivity contribution in [2.45, 2.75) is 45.0 Å². The Balaban J connectivity index is 2.22. The van der Waals surface area contributed by atoms with Gasteiger partial charge in [0, 0.05) is 5.75 Å². The lowest BCUT2D eigenvalue weighted by molar-refractivity contribution is 0.0936. The molecule has 72 valence electrons. The number of rotatable bonds is 5. The van der Waals surface area contributed by atoms with Gasteiger partial charge in [0.15, 0.2) is 0 Å². The van der Waals surface area contributed by atoms with Gasteiger partial charge in [-0.2, -0.15) is 0 Å². The van der Waals surface area contributed by atoms with E-state index < -0.39 is 0 Å². The topological polar surface area (TPSA) is 9.23 Å². The summed E-state index contributed by atoms with van der Waals surface area (Å²) in [7, 11) is 0. The highest BCUT2D eigenvalue weighted by Gasteiger charge is 2.24. The van der Waals surface area contributed by atoms with Gasteiger partial charge in [-0.15, -0.1) is 11.8 Å². The van der Waals surface area contributed by atoms with E-state index in [1.54, 1.807) is 0 Å². The molecule has 0 saturated carbocycles. The Morgan fingerprint density at radius 1 is 1.50 bits per heavy atom. The molecule has 0 N–H and O–H groups in total. The zero-order valence-corrected chi connectivity index (χ0v) is 9.03. The van der Waals surface area contributed by atoms with Gasteiger partial charge in [-0.3, -0.25) is 0 Å². The highest BCUT2D eigenvalue weighted by atomic mass is 32.2. The first kappa shape index (κ1) is 10.4. The summed E-state index contributed by atoms with van der Waals surface area (Å²) in [5, 5.41) is 0. The summed E-state index contributed by atoms with van der Waals surface area (Å²) >= 11 is 2.00. The lowest BCUT2D eigenvalue weighted by atomic mass is 10.0. The fourth-order valence-electron chi connectivity index (χ4n) is 1.65. The van der Waals surface area contributed by atoms with Crippen molar-refractivity contribution in [1.29, 1.82) is 0 Å². The summed E-state index contributed by atoms with van der Waals surface area (Å²) in [5.74, 6) is 2.00. The van der Waals surface area contributed by atoms with Gasteiger partial charge in [-0.05, 0) is 18.8 Å². The highest BCUT2D eigenvalue weighted by molar-refractivity contribution is 8.00. The second kappa shape index (κ2) is 5.87. The Kier molecular flexibility index (Phi) is 5.08. The van der Waals surface area contributed by atoms with Crippen molar-refractivity contribution in [2.24, 2.45) is 5.92 Å². The third-order valence-corrected chi connectivity index (χ3v) is 3.74. The van der Waals surface area contributed by atoms with E-state index in [2.05, 4.69) is 13.8 Å². The summed E-state index contributed by atoms with van der Waals surface area (Å²) in [6.07, 6.45) is 5.30. The number of unbranched alkanes of at least 4 members (excludes halogenated alkanes) is 1. The van der Waals surface area contributed by atoms with Crippen molar-refractivity contribution in [3.05, 3.63) is 0 Å². The molecule has 2 heteroatoms. The molecule has 0 unspecified atom stereocenters. The van der Waals surface area contributed by atoms with Crippen LogP contribution in [0.25, 0.3) is 0 Å². The second-order valence-electron chi connectivity index (χ2n) is 3.42. The zero-order chi connectivity index (χ0) is 8.81. The minimum atomic E-state index is 0.515. The predicted molar refractivity (Wildman–Crippen MR) is 55.5 cm³/mol. The average Bonchev–Trinajstić information content (AvgIpc) is 2.59. The standard InChI is InChI=1S/C10H20OS/c1-3-5-6-9(4-2)10-11-7-8-12-10/h9-10H,3-8H2,1-2H3/t9-,10-/m1/s1. The Morgan fingerprint density at radius 3 is 2.83 bits per heavy atom. The van der Waals surface area contributed by atoms with Crippen molar-refractivity contribution >= 4 is 11.8 Å². The van der Waals surface area contributed by atoms with Gasteiger partial charge in [0.2, 0.25) is 0 Å². The molecule has 0 bridgehead atoms. The maximum absolute atomic E-state index is 5.67. The van der Waals surface area contributed by atoms with Gasteiger partial charge < -0.3 is 4.74 Å². The molecular formula is C10H20OS. The van der Waals surface area contributed by atoms with Crippen LogP contribution in [-0.2, 0) is 4.74 Å². The monoisotopic (exact) mass is 188 g/mol. The average molecular weight is 188 g/mol. The first-order valence-electron chi connectivity index (χ1n) is 5.11. The van der Waals surface area contributed by atoms with Crippen LogP contribution in [0, 0.1) is 5.92 Å². The van der Waals surface area contributed by atoms with Gasteiger partial charge in [0.1, 0.15) is 5.44 Å². The number of hydrogen-bond donors (Lipinski definition) is 0. The minimum absolute atomic E-state index is 0.515. The van der Waals surface area contributed by atoms with E-state index in [1.807, 2.05) is 11.8 Å². The van der Waals surface area contributed by atoms with E-state index in [9.17, 15) is 0 Å². The van der Waals surface area contributed by atoms with Gasteiger partial charge >= 0.3 is 0 Å². The molecule has 1 aliphatic rings. The fraction of sp³-hybridized carbons (Fsp3) is 1.00. The van der Waals surface area contributed by atoms with Crippen LogP contribution in [0.1, 0.15) is 39.5 Å². The van der Waals surface area contributed by atoms with E-state index >= 15 is 0 Å². The molecule has 1 heterocycles. The first-order chi connectivity index (χ1) is 5.88. The SMILES string of the molecule is CCCC[C@@H](CC)[C@@H]1OCCS1. The van der Waals surface area contributed by atoms with Gasteiger partial charge in [-0.1, -0.05) is 26.7 Å². The maximum Gasteiger partial charge on any atom is 0.106 e. The van der Waals surface area contributed by atoms with E-state index in [0.29, 0.717) is 5.44 Å². The molecule has 12 heavy (non-hydrogen) atoms. The van der Waals surface area contributed by atoms with Gasteiger partial charge in [0.25, 0.3) is 0 Å². The van der Waals surface area contributed by atoms with Crippen molar-refractivity contribution in [2.75, 3.05) is 12.4 Å². The van der Waals surface area contributed by atoms with Crippen LogP contribution < -0.4 is 0 Å². The third kappa shape index (κ3) is 2.98. The van der Waals surface area contributed by atoms with E-state index in [0.717, 1.165) is 12.5 Å². The summed E-state index contributed by atoms with van der Waals surface area (Å²) < 4.78 is 5.67. The van der Waals surface area contributed by atoms with E-state index in [-0.39, 0.29) is 0 Å². The van der Waals surface area contributed by atoms with Crippen LogP contribution in [0.3, 0.4) is 0 Å². The zero-order valence-electron chi connectivity index (χ0n) is 8.21. The highest BCUT2D eigenvalue weighted by Crippen LogP contribution is 2.31.